The first-order valence-electron chi connectivity index (χ1n) is 7.34. The van der Waals surface area contributed by atoms with Crippen LogP contribution in [0.5, 0.6) is 0 Å². The number of carbonyl (C=O) groups excluding carboxylic acids is 1. The molecule has 0 saturated heterocycles. The van der Waals surface area contributed by atoms with E-state index in [9.17, 15) is 9.59 Å². The van der Waals surface area contributed by atoms with Crippen LogP contribution < -0.4 is 10.9 Å². The van der Waals surface area contributed by atoms with Crippen LogP contribution in [0.2, 0.25) is 0 Å². The number of hydrogen-bond acceptors (Lipinski definition) is 5. The summed E-state index contributed by atoms with van der Waals surface area (Å²) in [5.41, 5.74) is 0.680. The van der Waals surface area contributed by atoms with E-state index in [0.29, 0.717) is 27.8 Å². The molecule has 1 unspecified atom stereocenters. The fourth-order valence-corrected chi connectivity index (χ4v) is 3.56. The van der Waals surface area contributed by atoms with E-state index >= 15 is 0 Å². The molecule has 0 radical (unpaired) electrons. The van der Waals surface area contributed by atoms with Crippen LogP contribution in [0.15, 0.2) is 21.4 Å². The minimum atomic E-state index is -0.0338. The number of nitrogens with zero attached hydrogens (tertiary/aromatic N) is 2. The number of nitrogens with one attached hydrogen (secondary N) is 1. The van der Waals surface area contributed by atoms with E-state index in [1.54, 1.807) is 4.57 Å². The highest BCUT2D eigenvalue weighted by atomic mass is 32.2. The molecule has 1 amide bonds. The molecule has 1 atom stereocenters. The van der Waals surface area contributed by atoms with Gasteiger partial charge in [0, 0.05) is 12.6 Å². The smallest absolute Gasteiger partial charge is 0.272 e. The second kappa shape index (κ2) is 7.28. The Labute approximate surface area is 138 Å². The molecule has 5 nitrogen and oxygen atoms in total. The molecule has 0 fully saturated rings. The Morgan fingerprint density at radius 1 is 1.45 bits per heavy atom. The summed E-state index contributed by atoms with van der Waals surface area (Å²) in [4.78, 5) is 28.9. The summed E-state index contributed by atoms with van der Waals surface area (Å²) in [7, 11) is 0. The molecule has 0 bridgehead atoms. The van der Waals surface area contributed by atoms with Gasteiger partial charge in [-0.1, -0.05) is 25.6 Å². The second-order valence-corrected chi connectivity index (χ2v) is 7.33. The van der Waals surface area contributed by atoms with E-state index in [2.05, 4.69) is 24.1 Å². The van der Waals surface area contributed by atoms with E-state index < -0.39 is 0 Å². The van der Waals surface area contributed by atoms with Gasteiger partial charge >= 0.3 is 0 Å². The molecule has 1 N–H and O–H groups in total. The first-order valence-corrected chi connectivity index (χ1v) is 9.20. The van der Waals surface area contributed by atoms with Crippen LogP contribution in [0.4, 0.5) is 0 Å². The van der Waals surface area contributed by atoms with Gasteiger partial charge in [0.15, 0.2) is 5.16 Å². The molecule has 0 aliphatic rings. The van der Waals surface area contributed by atoms with Crippen molar-refractivity contribution in [2.45, 2.75) is 45.4 Å². The molecule has 2 aromatic rings. The molecule has 0 spiro atoms. The van der Waals surface area contributed by atoms with E-state index in [0.717, 1.165) is 0 Å². The first-order chi connectivity index (χ1) is 10.4. The second-order valence-electron chi connectivity index (χ2n) is 5.47. The zero-order valence-electron chi connectivity index (χ0n) is 13.3. The molecular weight excluding hydrogens is 318 g/mol. The van der Waals surface area contributed by atoms with Crippen molar-refractivity contribution in [2.75, 3.05) is 5.75 Å². The molecule has 2 rings (SSSR count). The van der Waals surface area contributed by atoms with E-state index in [-0.39, 0.29) is 23.3 Å². The quantitative estimate of drug-likeness (QED) is 0.649. The number of rotatable bonds is 6. The molecule has 7 heteroatoms. The van der Waals surface area contributed by atoms with Gasteiger partial charge in [-0.3, -0.25) is 14.2 Å². The maximum absolute atomic E-state index is 12.4. The third kappa shape index (κ3) is 3.70. The van der Waals surface area contributed by atoms with Gasteiger partial charge in [-0.25, -0.2) is 4.98 Å². The summed E-state index contributed by atoms with van der Waals surface area (Å²) < 4.78 is 2.30. The third-order valence-corrected chi connectivity index (χ3v) is 5.44. The predicted octanol–water partition coefficient (Wildman–Crippen LogP) is 2.73. The number of fused-ring (bicyclic) bond motifs is 1. The highest BCUT2D eigenvalue weighted by molar-refractivity contribution is 7.99. The Morgan fingerprint density at radius 2 is 2.18 bits per heavy atom. The van der Waals surface area contributed by atoms with Gasteiger partial charge in [0.05, 0.1) is 11.3 Å². The lowest BCUT2D eigenvalue weighted by Crippen LogP contribution is -2.37. The van der Waals surface area contributed by atoms with Gasteiger partial charge in [0.2, 0.25) is 5.91 Å². The molecule has 0 aliphatic heterocycles. The predicted molar refractivity (Wildman–Crippen MR) is 92.7 cm³/mol. The Hall–Kier alpha value is -1.34. The standard InChI is InChI=1S/C15H21N3O2S2/c1-5-18-14(20)13-11(6-7-21-13)17-15(18)22-8-12(19)16-10(4)9(2)3/h6-7,9-10H,5,8H2,1-4H3,(H,16,19). The minimum Gasteiger partial charge on any atom is -0.353 e. The fourth-order valence-electron chi connectivity index (χ4n) is 1.90. The maximum atomic E-state index is 12.4. The van der Waals surface area contributed by atoms with Crippen LogP contribution >= 0.6 is 23.1 Å². The van der Waals surface area contributed by atoms with Crippen LogP contribution in [-0.4, -0.2) is 27.3 Å². The minimum absolute atomic E-state index is 0.0269. The molecule has 2 heterocycles. The molecule has 0 aromatic carbocycles. The largest absolute Gasteiger partial charge is 0.353 e. The first kappa shape index (κ1) is 17.0. The average Bonchev–Trinajstić information content (AvgIpc) is 2.93. The van der Waals surface area contributed by atoms with Gasteiger partial charge in [-0.2, -0.15) is 0 Å². The van der Waals surface area contributed by atoms with Crippen molar-refractivity contribution < 1.29 is 4.79 Å². The monoisotopic (exact) mass is 339 g/mol. The van der Waals surface area contributed by atoms with Gasteiger partial charge in [0.25, 0.3) is 5.56 Å². The van der Waals surface area contributed by atoms with Crippen molar-refractivity contribution in [2.24, 2.45) is 5.92 Å². The van der Waals surface area contributed by atoms with Crippen molar-refractivity contribution in [1.29, 1.82) is 0 Å². The van der Waals surface area contributed by atoms with Gasteiger partial charge < -0.3 is 5.32 Å². The van der Waals surface area contributed by atoms with Crippen molar-refractivity contribution in [3.63, 3.8) is 0 Å². The lowest BCUT2D eigenvalue weighted by molar-refractivity contribution is -0.119. The Balaban J connectivity index is 2.14. The molecular formula is C15H21N3O2S2. The van der Waals surface area contributed by atoms with Crippen LogP contribution in [0.25, 0.3) is 10.2 Å². The summed E-state index contributed by atoms with van der Waals surface area (Å²) >= 11 is 2.71. The highest BCUT2D eigenvalue weighted by Crippen LogP contribution is 2.20. The number of aromatic nitrogens is 2. The summed E-state index contributed by atoms with van der Waals surface area (Å²) in [6, 6.07) is 1.97. The lowest BCUT2D eigenvalue weighted by Gasteiger charge is -2.17. The summed E-state index contributed by atoms with van der Waals surface area (Å²) in [5.74, 6) is 0.621. The van der Waals surface area contributed by atoms with Crippen molar-refractivity contribution in [3.8, 4) is 0 Å². The number of hydrogen-bond donors (Lipinski definition) is 1. The lowest BCUT2D eigenvalue weighted by atomic mass is 10.1. The summed E-state index contributed by atoms with van der Waals surface area (Å²) in [5, 5.41) is 5.43. The molecule has 2 aromatic heterocycles. The molecule has 22 heavy (non-hydrogen) atoms. The maximum Gasteiger partial charge on any atom is 0.272 e. The third-order valence-electron chi connectivity index (χ3n) is 3.57. The number of carbonyl (C=O) groups is 1. The van der Waals surface area contributed by atoms with Crippen molar-refractivity contribution >= 4 is 39.2 Å². The molecule has 0 aliphatic carbocycles. The van der Waals surface area contributed by atoms with Crippen LogP contribution in [-0.2, 0) is 11.3 Å². The SMILES string of the molecule is CCn1c(SCC(=O)NC(C)C(C)C)nc2ccsc2c1=O. The highest BCUT2D eigenvalue weighted by Gasteiger charge is 2.15. The number of amides is 1. The average molecular weight is 339 g/mol. The van der Waals surface area contributed by atoms with Crippen LogP contribution in [0, 0.1) is 5.92 Å². The normalized spacial score (nSPS) is 12.8. The molecule has 120 valence electrons. The van der Waals surface area contributed by atoms with Crippen molar-refractivity contribution in [3.05, 3.63) is 21.8 Å². The zero-order valence-corrected chi connectivity index (χ0v) is 14.9. The fraction of sp³-hybridized carbons (Fsp3) is 0.533. The number of thiophene rings is 1. The van der Waals surface area contributed by atoms with Crippen molar-refractivity contribution in [1.82, 2.24) is 14.9 Å². The van der Waals surface area contributed by atoms with E-state index in [1.165, 1.54) is 23.1 Å². The van der Waals surface area contributed by atoms with Gasteiger partial charge in [-0.15, -0.1) is 11.3 Å². The topological polar surface area (TPSA) is 64.0 Å². The van der Waals surface area contributed by atoms with Gasteiger partial charge in [0.1, 0.15) is 4.70 Å². The van der Waals surface area contributed by atoms with E-state index in [4.69, 9.17) is 0 Å². The Bertz CT molecular complexity index is 721. The van der Waals surface area contributed by atoms with E-state index in [1.807, 2.05) is 25.3 Å². The van der Waals surface area contributed by atoms with Gasteiger partial charge in [-0.05, 0) is 31.2 Å². The Kier molecular flexibility index (Phi) is 5.63. The summed E-state index contributed by atoms with van der Waals surface area (Å²) in [6.45, 7) is 8.59. The van der Waals surface area contributed by atoms with Crippen LogP contribution in [0.1, 0.15) is 27.7 Å². The summed E-state index contributed by atoms with van der Waals surface area (Å²) in [6.07, 6.45) is 0. The molecule has 0 saturated carbocycles. The zero-order chi connectivity index (χ0) is 16.3. The number of thioether (sulfide) groups is 1. The Morgan fingerprint density at radius 3 is 2.82 bits per heavy atom. The van der Waals surface area contributed by atoms with Crippen LogP contribution in [0.3, 0.4) is 0 Å².